The molecule has 2 nitrogen and oxygen atoms in total. The van der Waals surface area contributed by atoms with Crippen molar-refractivity contribution in [2.24, 2.45) is 7.05 Å². The predicted molar refractivity (Wildman–Crippen MR) is 63.0 cm³/mol. The van der Waals surface area contributed by atoms with E-state index in [1.54, 1.807) is 19.1 Å². The Labute approximate surface area is 110 Å². The number of alkyl halides is 5. The largest absolute Gasteiger partial charge is 0.461 e. The second-order valence-corrected chi connectivity index (χ2v) is 4.58. The van der Waals surface area contributed by atoms with Crippen LogP contribution in [-0.2, 0) is 7.05 Å². The fourth-order valence-corrected chi connectivity index (χ4v) is 1.97. The van der Waals surface area contributed by atoms with Crippen molar-refractivity contribution in [2.45, 2.75) is 19.0 Å². The van der Waals surface area contributed by atoms with Crippen molar-refractivity contribution in [3.05, 3.63) is 35.5 Å². The lowest BCUT2D eigenvalue weighted by Crippen LogP contribution is -2.44. The van der Waals surface area contributed by atoms with Crippen LogP contribution in [0.15, 0.2) is 24.4 Å². The lowest BCUT2D eigenvalue weighted by atomic mass is 10.0. The summed E-state index contributed by atoms with van der Waals surface area (Å²) in [5.41, 5.74) is 0.594. The number of ketones is 1. The van der Waals surface area contributed by atoms with Crippen molar-refractivity contribution in [3.63, 3.8) is 0 Å². The highest BCUT2D eigenvalue weighted by Gasteiger charge is 2.63. The summed E-state index contributed by atoms with van der Waals surface area (Å²) in [4.78, 5) is 11.5. The minimum absolute atomic E-state index is 0.0759. The van der Waals surface area contributed by atoms with Crippen molar-refractivity contribution in [1.29, 1.82) is 0 Å². The number of hydrogen-bond donors (Lipinski definition) is 0. The number of halogens is 5. The van der Waals surface area contributed by atoms with Crippen LogP contribution in [0, 0.1) is 6.92 Å². The van der Waals surface area contributed by atoms with Gasteiger partial charge in [0.05, 0.1) is 0 Å². The van der Waals surface area contributed by atoms with Crippen molar-refractivity contribution < 1.29 is 26.7 Å². The van der Waals surface area contributed by atoms with Crippen LogP contribution in [0.1, 0.15) is 15.9 Å². The zero-order valence-corrected chi connectivity index (χ0v) is 10.6. The number of carbonyl (C=O) groups excluding carboxylic acids is 1. The summed E-state index contributed by atoms with van der Waals surface area (Å²) >= 11 is 0. The number of rotatable bonds is 2. The fourth-order valence-electron chi connectivity index (χ4n) is 1.97. The summed E-state index contributed by atoms with van der Waals surface area (Å²) < 4.78 is 64.4. The summed E-state index contributed by atoms with van der Waals surface area (Å²) in [6.45, 7) is 1.75. The average molecular weight is 291 g/mol. The van der Waals surface area contributed by atoms with Gasteiger partial charge in [0.1, 0.15) is 0 Å². The molecule has 108 valence electrons. The van der Waals surface area contributed by atoms with Gasteiger partial charge in [0, 0.05) is 29.7 Å². The molecule has 0 aliphatic rings. The molecule has 0 saturated heterocycles. The topological polar surface area (TPSA) is 22.0 Å². The van der Waals surface area contributed by atoms with Gasteiger partial charge in [-0.15, -0.1) is 0 Å². The second-order valence-electron chi connectivity index (χ2n) is 4.58. The maximum Gasteiger partial charge on any atom is 0.461 e. The molecule has 7 heteroatoms. The van der Waals surface area contributed by atoms with E-state index >= 15 is 0 Å². The molecule has 0 saturated carbocycles. The Bertz CT molecular complexity index is 684. The average Bonchev–Trinajstić information content (AvgIpc) is 2.64. The van der Waals surface area contributed by atoms with E-state index < -0.39 is 23.4 Å². The predicted octanol–water partition coefficient (Wildman–Crippen LogP) is 3.87. The van der Waals surface area contributed by atoms with E-state index in [2.05, 4.69) is 0 Å². The zero-order chi connectivity index (χ0) is 15.3. The highest BCUT2D eigenvalue weighted by Crippen LogP contribution is 2.39. The standard InChI is InChI=1S/C13H10F5NO/c1-7-3-4-8-9(6-19(2)10(8)5-7)11(20)12(14,15)13(16,17)18/h3-6H,1-2H3. The van der Waals surface area contributed by atoms with Crippen molar-refractivity contribution in [2.75, 3.05) is 0 Å². The van der Waals surface area contributed by atoms with Gasteiger partial charge < -0.3 is 4.57 Å². The fraction of sp³-hybridized carbons (Fsp3) is 0.308. The van der Waals surface area contributed by atoms with Crippen molar-refractivity contribution in [3.8, 4) is 0 Å². The smallest absolute Gasteiger partial charge is 0.350 e. The molecule has 0 atom stereocenters. The SMILES string of the molecule is Cc1ccc2c(C(=O)C(F)(F)C(F)(F)F)cn(C)c2c1. The molecule has 0 unspecified atom stereocenters. The number of aromatic nitrogens is 1. The van der Waals surface area contributed by atoms with Crippen molar-refractivity contribution >= 4 is 16.7 Å². The molecule has 1 heterocycles. The number of carbonyl (C=O) groups is 1. The third kappa shape index (κ3) is 2.07. The summed E-state index contributed by atoms with van der Waals surface area (Å²) in [5, 5.41) is 0.0759. The lowest BCUT2D eigenvalue weighted by Gasteiger charge is -2.17. The molecule has 0 N–H and O–H groups in total. The van der Waals surface area contributed by atoms with E-state index in [1.807, 2.05) is 0 Å². The minimum Gasteiger partial charge on any atom is -0.350 e. The van der Waals surface area contributed by atoms with Crippen LogP contribution in [0.2, 0.25) is 0 Å². The van der Waals surface area contributed by atoms with E-state index in [9.17, 15) is 26.7 Å². The molecule has 20 heavy (non-hydrogen) atoms. The molecule has 1 aromatic heterocycles. The molecular formula is C13H10F5NO. The quantitative estimate of drug-likeness (QED) is 0.608. The maximum absolute atomic E-state index is 13.1. The molecule has 0 aliphatic heterocycles. The molecule has 0 amide bonds. The Morgan fingerprint density at radius 2 is 1.75 bits per heavy atom. The Morgan fingerprint density at radius 1 is 1.15 bits per heavy atom. The first-order valence-corrected chi connectivity index (χ1v) is 5.60. The lowest BCUT2D eigenvalue weighted by molar-refractivity contribution is -0.255. The number of nitrogens with zero attached hydrogens (tertiary/aromatic N) is 1. The van der Waals surface area contributed by atoms with E-state index in [0.717, 1.165) is 11.8 Å². The molecule has 2 rings (SSSR count). The summed E-state index contributed by atoms with van der Waals surface area (Å²) in [5.74, 6) is -7.63. The van der Waals surface area contributed by atoms with E-state index in [4.69, 9.17) is 0 Å². The molecular weight excluding hydrogens is 281 g/mol. The first-order chi connectivity index (χ1) is 9.05. The molecule has 0 bridgehead atoms. The Morgan fingerprint density at radius 3 is 2.30 bits per heavy atom. The Kier molecular flexibility index (Phi) is 3.11. The van der Waals surface area contributed by atoms with Gasteiger partial charge in [-0.1, -0.05) is 12.1 Å². The van der Waals surface area contributed by atoms with Gasteiger partial charge in [-0.05, 0) is 18.6 Å². The van der Waals surface area contributed by atoms with Gasteiger partial charge in [0.25, 0.3) is 0 Å². The van der Waals surface area contributed by atoms with Crippen LogP contribution in [0.5, 0.6) is 0 Å². The van der Waals surface area contributed by atoms with Crippen LogP contribution >= 0.6 is 0 Å². The molecule has 1 aromatic carbocycles. The van der Waals surface area contributed by atoms with Crippen molar-refractivity contribution in [1.82, 2.24) is 4.57 Å². The van der Waals surface area contributed by atoms with Gasteiger partial charge in [-0.3, -0.25) is 4.79 Å². The van der Waals surface area contributed by atoms with E-state index in [-0.39, 0.29) is 5.39 Å². The second kappa shape index (κ2) is 4.29. The van der Waals surface area contributed by atoms with E-state index in [1.165, 1.54) is 17.7 Å². The highest BCUT2D eigenvalue weighted by molar-refractivity contribution is 6.11. The van der Waals surface area contributed by atoms with Crippen LogP contribution in [0.3, 0.4) is 0 Å². The number of benzene rings is 1. The Hall–Kier alpha value is -1.92. The maximum atomic E-state index is 13.1. The highest BCUT2D eigenvalue weighted by atomic mass is 19.4. The number of Topliss-reactive ketones (excluding diaryl/α,β-unsaturated/α-hetero) is 1. The van der Waals surface area contributed by atoms with Gasteiger partial charge >= 0.3 is 12.1 Å². The van der Waals surface area contributed by atoms with Gasteiger partial charge in [-0.25, -0.2) is 0 Å². The monoisotopic (exact) mass is 291 g/mol. The first-order valence-electron chi connectivity index (χ1n) is 5.60. The molecule has 0 fully saturated rings. The number of hydrogen-bond acceptors (Lipinski definition) is 1. The summed E-state index contributed by atoms with van der Waals surface area (Å²) in [7, 11) is 1.48. The molecule has 0 spiro atoms. The van der Waals surface area contributed by atoms with E-state index in [0.29, 0.717) is 5.52 Å². The first kappa shape index (κ1) is 14.5. The normalized spacial score (nSPS) is 12.9. The third-order valence-corrected chi connectivity index (χ3v) is 3.03. The van der Waals surface area contributed by atoms with Gasteiger partial charge in [0.15, 0.2) is 0 Å². The Balaban J connectivity index is 2.63. The van der Waals surface area contributed by atoms with Gasteiger partial charge in [-0.2, -0.15) is 22.0 Å². The minimum atomic E-state index is -5.91. The summed E-state index contributed by atoms with van der Waals surface area (Å²) in [6, 6.07) is 4.52. The van der Waals surface area contributed by atoms with Crippen LogP contribution < -0.4 is 0 Å². The molecule has 0 radical (unpaired) electrons. The number of aryl methyl sites for hydroxylation is 2. The molecule has 2 aromatic rings. The molecule has 0 aliphatic carbocycles. The zero-order valence-electron chi connectivity index (χ0n) is 10.6. The number of fused-ring (bicyclic) bond motifs is 1. The summed E-state index contributed by atoms with van der Waals surface area (Å²) in [6.07, 6.45) is -4.91. The van der Waals surface area contributed by atoms with Crippen LogP contribution in [0.25, 0.3) is 10.9 Å². The van der Waals surface area contributed by atoms with Crippen LogP contribution in [0.4, 0.5) is 22.0 Å². The van der Waals surface area contributed by atoms with Crippen LogP contribution in [-0.4, -0.2) is 22.4 Å². The third-order valence-electron chi connectivity index (χ3n) is 3.03. The van der Waals surface area contributed by atoms with Gasteiger partial charge in [0.2, 0.25) is 5.78 Å².